The molecule has 5 nitrogen and oxygen atoms in total. The Morgan fingerprint density at radius 1 is 0.324 bits per heavy atom. The minimum absolute atomic E-state index is 0.0725. The van der Waals surface area contributed by atoms with E-state index in [1.54, 1.807) is 0 Å². The standard InChI is InChI=1S/C69H118O5/c1-3-5-7-9-11-13-15-17-19-21-23-25-27-29-31-32-33-34-35-36-38-40-42-44-46-48-50-52-54-56-58-60-62-64-69(72)74-67(65-70)66-73-68(71)63-61-59-57-55-53-51-49-47-45-43-41-39-37-30-28-26-24-22-20-18-16-14-12-10-8-6-4-2/h5,7,11,13,17,19,22-25,29,31,33-34,36,38,42,44,67,70H,3-4,6,8-10,12,14-16,18,20-21,26-28,30,32,35,37,39-41,43,45-66H2,1-2H3/b7-5-,13-11-,19-17-,24-22-,25-23-,31-29-,34-33-,38-36-,44-42-. The molecule has 0 spiro atoms. The normalized spacial score (nSPS) is 13.0. The lowest BCUT2D eigenvalue weighted by Crippen LogP contribution is -2.28. The van der Waals surface area contributed by atoms with Crippen LogP contribution in [0.5, 0.6) is 0 Å². The fourth-order valence-electron chi connectivity index (χ4n) is 8.86. The van der Waals surface area contributed by atoms with Gasteiger partial charge in [-0.3, -0.25) is 9.59 Å². The van der Waals surface area contributed by atoms with Gasteiger partial charge in [-0.05, 0) is 103 Å². The fourth-order valence-corrected chi connectivity index (χ4v) is 8.86. The van der Waals surface area contributed by atoms with E-state index in [0.29, 0.717) is 12.8 Å². The number of hydrogen-bond donors (Lipinski definition) is 1. The van der Waals surface area contributed by atoms with Gasteiger partial charge in [0.05, 0.1) is 6.61 Å². The highest BCUT2D eigenvalue weighted by Gasteiger charge is 2.16. The Morgan fingerprint density at radius 2 is 0.581 bits per heavy atom. The molecular formula is C69H118O5. The Morgan fingerprint density at radius 3 is 0.892 bits per heavy atom. The molecule has 1 atom stereocenters. The summed E-state index contributed by atoms with van der Waals surface area (Å²) in [6.45, 7) is 4.04. The van der Waals surface area contributed by atoms with E-state index in [1.807, 2.05) is 0 Å². The molecule has 0 aliphatic carbocycles. The second-order valence-electron chi connectivity index (χ2n) is 20.8. The van der Waals surface area contributed by atoms with E-state index in [9.17, 15) is 14.7 Å². The van der Waals surface area contributed by atoms with Crippen LogP contribution in [0.25, 0.3) is 0 Å². The fraction of sp³-hybridized carbons (Fsp3) is 0.710. The number of unbranched alkanes of at least 4 members (excludes halogenated alkanes) is 31. The summed E-state index contributed by atoms with van der Waals surface area (Å²) in [4.78, 5) is 24.6. The summed E-state index contributed by atoms with van der Waals surface area (Å²) in [6.07, 6.45) is 92.2. The number of ether oxygens (including phenoxy) is 2. The molecule has 424 valence electrons. The van der Waals surface area contributed by atoms with Gasteiger partial charge in [-0.15, -0.1) is 0 Å². The number of carbonyl (C=O) groups excluding carboxylic acids is 2. The Bertz CT molecular complexity index is 1440. The van der Waals surface area contributed by atoms with E-state index < -0.39 is 6.10 Å². The Balaban J connectivity index is 3.53. The highest BCUT2D eigenvalue weighted by molar-refractivity contribution is 5.70. The van der Waals surface area contributed by atoms with Gasteiger partial charge in [0, 0.05) is 12.8 Å². The third-order valence-electron chi connectivity index (χ3n) is 13.6. The molecule has 1 N–H and O–H groups in total. The van der Waals surface area contributed by atoms with Crippen LogP contribution >= 0.6 is 0 Å². The zero-order valence-corrected chi connectivity index (χ0v) is 48.6. The maximum Gasteiger partial charge on any atom is 0.306 e. The molecule has 0 radical (unpaired) electrons. The maximum absolute atomic E-state index is 12.3. The number of allylic oxidation sites excluding steroid dienone is 18. The van der Waals surface area contributed by atoms with Gasteiger partial charge < -0.3 is 14.6 Å². The minimum Gasteiger partial charge on any atom is -0.462 e. The third-order valence-corrected chi connectivity index (χ3v) is 13.6. The summed E-state index contributed by atoms with van der Waals surface area (Å²) in [5, 5.41) is 9.68. The summed E-state index contributed by atoms with van der Waals surface area (Å²) in [6, 6.07) is 0. The molecule has 0 fully saturated rings. The van der Waals surface area contributed by atoms with Crippen molar-refractivity contribution in [1.29, 1.82) is 0 Å². The molecule has 5 heteroatoms. The zero-order valence-electron chi connectivity index (χ0n) is 48.6. The summed E-state index contributed by atoms with van der Waals surface area (Å²) >= 11 is 0. The molecule has 0 aromatic carbocycles. The summed E-state index contributed by atoms with van der Waals surface area (Å²) in [5.74, 6) is -0.596. The number of esters is 2. The Hall–Kier alpha value is -3.44. The van der Waals surface area contributed by atoms with Crippen molar-refractivity contribution >= 4 is 11.9 Å². The second kappa shape index (κ2) is 63.8. The van der Waals surface area contributed by atoms with Crippen LogP contribution in [0.3, 0.4) is 0 Å². The number of rotatable bonds is 57. The molecular weight excluding hydrogens is 909 g/mol. The van der Waals surface area contributed by atoms with Crippen molar-refractivity contribution in [3.8, 4) is 0 Å². The van der Waals surface area contributed by atoms with Gasteiger partial charge in [0.25, 0.3) is 0 Å². The first-order valence-electron chi connectivity index (χ1n) is 31.4. The van der Waals surface area contributed by atoms with E-state index in [0.717, 1.165) is 96.3 Å². The van der Waals surface area contributed by atoms with Crippen LogP contribution in [0.4, 0.5) is 0 Å². The molecule has 0 aromatic heterocycles. The summed E-state index contributed by atoms with van der Waals surface area (Å²) < 4.78 is 10.7. The molecule has 0 aliphatic rings. The van der Waals surface area contributed by atoms with Crippen molar-refractivity contribution in [2.24, 2.45) is 0 Å². The number of hydrogen-bond acceptors (Lipinski definition) is 5. The van der Waals surface area contributed by atoms with Crippen LogP contribution in [0.1, 0.15) is 296 Å². The van der Waals surface area contributed by atoms with E-state index in [-0.39, 0.29) is 25.2 Å². The first-order chi connectivity index (χ1) is 36.6. The van der Waals surface area contributed by atoms with Crippen LogP contribution < -0.4 is 0 Å². The van der Waals surface area contributed by atoms with Gasteiger partial charge in [-0.25, -0.2) is 0 Å². The Labute approximate surface area is 459 Å². The average molecular weight is 1030 g/mol. The van der Waals surface area contributed by atoms with Crippen LogP contribution in [-0.2, 0) is 19.1 Å². The van der Waals surface area contributed by atoms with E-state index >= 15 is 0 Å². The van der Waals surface area contributed by atoms with Crippen molar-refractivity contribution in [2.75, 3.05) is 13.2 Å². The summed E-state index contributed by atoms with van der Waals surface area (Å²) in [5.41, 5.74) is 0. The van der Waals surface area contributed by atoms with Gasteiger partial charge in [0.1, 0.15) is 6.61 Å². The predicted molar refractivity (Wildman–Crippen MR) is 325 cm³/mol. The molecule has 0 bridgehead atoms. The molecule has 0 saturated carbocycles. The van der Waals surface area contributed by atoms with Crippen LogP contribution in [0.15, 0.2) is 109 Å². The zero-order chi connectivity index (χ0) is 53.4. The smallest absolute Gasteiger partial charge is 0.306 e. The predicted octanol–water partition coefficient (Wildman–Crippen LogP) is 21.6. The molecule has 0 saturated heterocycles. The molecule has 1 unspecified atom stereocenters. The first-order valence-corrected chi connectivity index (χ1v) is 31.4. The van der Waals surface area contributed by atoms with E-state index in [4.69, 9.17) is 9.47 Å². The van der Waals surface area contributed by atoms with Gasteiger partial charge in [-0.2, -0.15) is 0 Å². The first kappa shape index (κ1) is 70.6. The molecule has 0 heterocycles. The highest BCUT2D eigenvalue weighted by Crippen LogP contribution is 2.16. The number of aliphatic hydroxyl groups excluding tert-OH is 1. The van der Waals surface area contributed by atoms with Crippen molar-refractivity contribution < 1.29 is 24.2 Å². The van der Waals surface area contributed by atoms with Crippen LogP contribution in [0, 0.1) is 0 Å². The second-order valence-corrected chi connectivity index (χ2v) is 20.8. The van der Waals surface area contributed by atoms with E-state index in [1.165, 1.54) is 173 Å². The van der Waals surface area contributed by atoms with Gasteiger partial charge in [0.15, 0.2) is 6.10 Å². The molecule has 0 amide bonds. The van der Waals surface area contributed by atoms with Crippen molar-refractivity contribution in [3.05, 3.63) is 109 Å². The monoisotopic (exact) mass is 1030 g/mol. The van der Waals surface area contributed by atoms with Crippen LogP contribution in [0.2, 0.25) is 0 Å². The number of carbonyl (C=O) groups is 2. The maximum atomic E-state index is 12.3. The molecule has 0 rings (SSSR count). The van der Waals surface area contributed by atoms with Gasteiger partial charge in [0.2, 0.25) is 0 Å². The lowest BCUT2D eigenvalue weighted by molar-refractivity contribution is -0.161. The Kier molecular flexibility index (Phi) is 60.9. The minimum atomic E-state index is -0.784. The molecule has 0 aliphatic heterocycles. The third kappa shape index (κ3) is 61.1. The SMILES string of the molecule is CC/C=C\C/C=C\C/C=C\C/C=C\C/C=C\C/C=C\C/C=C\C/C=C\CCCCCCCCCCC(=O)OC(CO)COC(=O)CCCCCCCCCCCCCCCCC/C=C\CCCCCCCCCC. The number of aliphatic hydroxyl groups is 1. The molecule has 74 heavy (non-hydrogen) atoms. The highest BCUT2D eigenvalue weighted by atomic mass is 16.6. The van der Waals surface area contributed by atoms with Crippen molar-refractivity contribution in [3.63, 3.8) is 0 Å². The van der Waals surface area contributed by atoms with Crippen LogP contribution in [-0.4, -0.2) is 36.4 Å². The molecule has 0 aromatic rings. The largest absolute Gasteiger partial charge is 0.462 e. The lowest BCUT2D eigenvalue weighted by atomic mass is 10.0. The van der Waals surface area contributed by atoms with E-state index in [2.05, 4.69) is 123 Å². The summed E-state index contributed by atoms with van der Waals surface area (Å²) in [7, 11) is 0. The van der Waals surface area contributed by atoms with Gasteiger partial charge in [-0.1, -0.05) is 290 Å². The lowest BCUT2D eigenvalue weighted by Gasteiger charge is -2.15. The quantitative estimate of drug-likeness (QED) is 0.0373. The van der Waals surface area contributed by atoms with Gasteiger partial charge >= 0.3 is 11.9 Å². The topological polar surface area (TPSA) is 72.8 Å². The average Bonchev–Trinajstić information content (AvgIpc) is 3.40. The van der Waals surface area contributed by atoms with Crippen molar-refractivity contribution in [2.45, 2.75) is 302 Å². The van der Waals surface area contributed by atoms with Crippen molar-refractivity contribution in [1.82, 2.24) is 0 Å².